The number of methoxy groups -OCH3 is 1. The normalized spacial score (nSPS) is 24.0. The van der Waals surface area contributed by atoms with Crippen molar-refractivity contribution in [3.05, 3.63) is 52.1 Å². The molecular weight excluding hydrogens is 344 g/mol. The highest BCUT2D eigenvalue weighted by Gasteiger charge is 2.48. The van der Waals surface area contributed by atoms with Crippen molar-refractivity contribution >= 4 is 11.0 Å². The maximum Gasteiger partial charge on any atom is 0.362 e. The Hall–Kier alpha value is -2.60. The molecule has 0 aliphatic heterocycles. The van der Waals surface area contributed by atoms with Gasteiger partial charge in [0, 0.05) is 24.3 Å². The van der Waals surface area contributed by atoms with E-state index in [9.17, 15) is 9.90 Å². The summed E-state index contributed by atoms with van der Waals surface area (Å²) in [5.74, 6) is 2.41. The molecule has 6 nitrogen and oxygen atoms in total. The van der Waals surface area contributed by atoms with Crippen molar-refractivity contribution in [2.24, 2.45) is 17.8 Å². The molecule has 1 fully saturated rings. The quantitative estimate of drug-likeness (QED) is 0.721. The van der Waals surface area contributed by atoms with E-state index in [-0.39, 0.29) is 0 Å². The summed E-state index contributed by atoms with van der Waals surface area (Å²) in [6, 6.07) is 7.26. The highest BCUT2D eigenvalue weighted by atomic mass is 16.5. The number of nitrogens with zero attached hydrogens (tertiary/aromatic N) is 2. The Morgan fingerprint density at radius 1 is 1.26 bits per heavy atom. The maximum atomic E-state index is 12.5. The molecule has 0 bridgehead atoms. The van der Waals surface area contributed by atoms with Gasteiger partial charge < -0.3 is 14.3 Å². The van der Waals surface area contributed by atoms with Gasteiger partial charge in [-0.25, -0.2) is 9.48 Å². The first-order valence-corrected chi connectivity index (χ1v) is 9.48. The molecule has 2 aliphatic rings. The Balaban J connectivity index is 1.49. The molecule has 0 saturated heterocycles. The van der Waals surface area contributed by atoms with Gasteiger partial charge in [-0.1, -0.05) is 0 Å². The van der Waals surface area contributed by atoms with Crippen molar-refractivity contribution in [1.29, 1.82) is 0 Å². The second-order valence-corrected chi connectivity index (χ2v) is 7.62. The van der Waals surface area contributed by atoms with Crippen LogP contribution >= 0.6 is 0 Å². The lowest BCUT2D eigenvalue weighted by Gasteiger charge is -2.06. The lowest BCUT2D eigenvalue weighted by molar-refractivity contribution is 0.262. The van der Waals surface area contributed by atoms with Crippen molar-refractivity contribution < 1.29 is 14.3 Å². The molecule has 2 aromatic heterocycles. The molecule has 27 heavy (non-hydrogen) atoms. The van der Waals surface area contributed by atoms with E-state index < -0.39 is 5.63 Å². The van der Waals surface area contributed by atoms with Crippen LogP contribution in [0.25, 0.3) is 16.7 Å². The minimum absolute atomic E-state index is 0.301. The Morgan fingerprint density at radius 3 is 2.85 bits per heavy atom. The molecular formula is C21H22N2O4. The van der Waals surface area contributed by atoms with Gasteiger partial charge >= 0.3 is 5.63 Å². The molecule has 1 N–H and O–H groups in total. The molecule has 0 spiro atoms. The van der Waals surface area contributed by atoms with Gasteiger partial charge in [0.15, 0.2) is 5.69 Å². The summed E-state index contributed by atoms with van der Waals surface area (Å²) < 4.78 is 12.4. The van der Waals surface area contributed by atoms with Crippen LogP contribution in [-0.4, -0.2) is 28.6 Å². The predicted molar refractivity (Wildman–Crippen MR) is 100 cm³/mol. The third-order valence-corrected chi connectivity index (χ3v) is 6.23. The van der Waals surface area contributed by atoms with E-state index >= 15 is 0 Å². The summed E-state index contributed by atoms with van der Waals surface area (Å²) in [7, 11) is 1.58. The Bertz CT molecular complexity index is 1040. The fourth-order valence-electron chi connectivity index (χ4n) is 4.63. The zero-order valence-electron chi connectivity index (χ0n) is 15.2. The van der Waals surface area contributed by atoms with E-state index in [4.69, 9.17) is 14.3 Å². The number of rotatable bonds is 3. The average Bonchev–Trinajstić information content (AvgIpc) is 3.19. The molecule has 6 heteroatoms. The van der Waals surface area contributed by atoms with Crippen molar-refractivity contribution in [2.45, 2.75) is 25.7 Å². The molecule has 0 amide bonds. The molecule has 2 heterocycles. The number of ether oxygens (including phenoxy) is 1. The number of aliphatic hydroxyl groups excluding tert-OH is 1. The smallest absolute Gasteiger partial charge is 0.362 e. The van der Waals surface area contributed by atoms with Gasteiger partial charge in [0.2, 0.25) is 0 Å². The van der Waals surface area contributed by atoms with Crippen molar-refractivity contribution in [1.82, 2.24) is 9.78 Å². The van der Waals surface area contributed by atoms with E-state index in [1.54, 1.807) is 17.9 Å². The van der Waals surface area contributed by atoms with Gasteiger partial charge in [-0.15, -0.1) is 0 Å². The van der Waals surface area contributed by atoms with Crippen LogP contribution in [0.4, 0.5) is 0 Å². The topological polar surface area (TPSA) is 77.5 Å². The standard InChI is InChI=1S/C21H22N2O4/c1-26-14-4-2-12-8-19(21(25)27-20(12)9-14)23-10-13-3-5-15-16(17(15)11-24)6-7-18(13)22-23/h2,4,8-10,15-17,24H,3,5-7,11H2,1H3/t15-,16+,17-/m0/s1. The number of hydrogen-bond acceptors (Lipinski definition) is 5. The molecule has 5 rings (SSSR count). The third-order valence-electron chi connectivity index (χ3n) is 6.23. The lowest BCUT2D eigenvalue weighted by Crippen LogP contribution is -2.11. The summed E-state index contributed by atoms with van der Waals surface area (Å²) in [5.41, 5.74) is 2.79. The first kappa shape index (κ1) is 16.6. The first-order valence-electron chi connectivity index (χ1n) is 9.48. The van der Waals surface area contributed by atoms with Gasteiger partial charge in [0.1, 0.15) is 11.3 Å². The Morgan fingerprint density at radius 2 is 2.07 bits per heavy atom. The van der Waals surface area contributed by atoms with Crippen LogP contribution in [-0.2, 0) is 12.8 Å². The van der Waals surface area contributed by atoms with Gasteiger partial charge in [-0.2, -0.15) is 5.10 Å². The van der Waals surface area contributed by atoms with Gasteiger partial charge in [0.25, 0.3) is 0 Å². The number of fused-ring (bicyclic) bond motifs is 3. The second kappa shape index (κ2) is 6.23. The van der Waals surface area contributed by atoms with Crippen LogP contribution in [0.1, 0.15) is 24.1 Å². The third kappa shape index (κ3) is 2.75. The fourth-order valence-corrected chi connectivity index (χ4v) is 4.63. The Kier molecular flexibility index (Phi) is 3.82. The summed E-state index contributed by atoms with van der Waals surface area (Å²) in [6.45, 7) is 0.301. The van der Waals surface area contributed by atoms with Gasteiger partial charge in [-0.3, -0.25) is 0 Å². The van der Waals surface area contributed by atoms with Crippen LogP contribution in [0.15, 0.2) is 39.7 Å². The van der Waals surface area contributed by atoms with Crippen LogP contribution in [0.5, 0.6) is 5.75 Å². The number of benzene rings is 1. The highest BCUT2D eigenvalue weighted by Crippen LogP contribution is 2.52. The molecule has 140 valence electrons. The van der Waals surface area contributed by atoms with E-state index in [1.165, 1.54) is 5.56 Å². The summed E-state index contributed by atoms with van der Waals surface area (Å²) in [5, 5.41) is 15.0. The largest absolute Gasteiger partial charge is 0.497 e. The summed E-state index contributed by atoms with van der Waals surface area (Å²) in [6.07, 6.45) is 5.96. The molecule has 3 aromatic rings. The lowest BCUT2D eigenvalue weighted by atomic mass is 9.99. The number of aromatic nitrogens is 2. The van der Waals surface area contributed by atoms with Crippen molar-refractivity contribution in [3.63, 3.8) is 0 Å². The zero-order chi connectivity index (χ0) is 18.5. The predicted octanol–water partition coefficient (Wildman–Crippen LogP) is 2.72. The van der Waals surface area contributed by atoms with Crippen LogP contribution in [0.2, 0.25) is 0 Å². The fraction of sp³-hybridized carbons (Fsp3) is 0.429. The van der Waals surface area contributed by atoms with Gasteiger partial charge in [-0.05, 0) is 67.2 Å². The molecule has 3 atom stereocenters. The molecule has 0 unspecified atom stereocenters. The molecule has 2 aliphatic carbocycles. The molecule has 0 radical (unpaired) electrons. The number of hydrogen-bond donors (Lipinski definition) is 1. The van der Waals surface area contributed by atoms with E-state index in [2.05, 4.69) is 0 Å². The monoisotopic (exact) mass is 366 g/mol. The van der Waals surface area contributed by atoms with Crippen LogP contribution in [0, 0.1) is 17.8 Å². The maximum absolute atomic E-state index is 12.5. The minimum Gasteiger partial charge on any atom is -0.497 e. The van der Waals surface area contributed by atoms with Crippen molar-refractivity contribution in [3.8, 4) is 11.4 Å². The average molecular weight is 366 g/mol. The zero-order valence-corrected chi connectivity index (χ0v) is 15.2. The van der Waals surface area contributed by atoms with Gasteiger partial charge in [0.05, 0.1) is 12.8 Å². The SMILES string of the molecule is COc1ccc2cc(-n3cc4c(n3)CC[C@H]3[C@@H](CO)[C@H]3CC4)c(=O)oc2c1. The molecule has 1 aromatic carbocycles. The van der Waals surface area contributed by atoms with Crippen LogP contribution in [0.3, 0.4) is 0 Å². The van der Waals surface area contributed by atoms with E-state index in [0.717, 1.165) is 36.8 Å². The van der Waals surface area contributed by atoms with E-state index in [0.29, 0.717) is 41.4 Å². The summed E-state index contributed by atoms with van der Waals surface area (Å²) in [4.78, 5) is 12.5. The van der Waals surface area contributed by atoms with Crippen LogP contribution < -0.4 is 10.4 Å². The minimum atomic E-state index is -0.408. The Labute approximate surface area is 156 Å². The van der Waals surface area contributed by atoms with Crippen molar-refractivity contribution in [2.75, 3.05) is 13.7 Å². The number of aliphatic hydroxyl groups is 1. The summed E-state index contributed by atoms with van der Waals surface area (Å²) >= 11 is 0. The number of aryl methyl sites for hydroxylation is 2. The highest BCUT2D eigenvalue weighted by molar-refractivity contribution is 5.79. The molecule has 1 saturated carbocycles. The first-order chi connectivity index (χ1) is 13.2. The second-order valence-electron chi connectivity index (χ2n) is 7.62. The van der Waals surface area contributed by atoms with E-state index in [1.807, 2.05) is 24.4 Å².